The van der Waals surface area contributed by atoms with Gasteiger partial charge in [-0.3, -0.25) is 5.10 Å². The van der Waals surface area contributed by atoms with Crippen LogP contribution in [0.1, 0.15) is 12.5 Å². The van der Waals surface area contributed by atoms with Gasteiger partial charge in [0.15, 0.2) is 11.6 Å². The third-order valence-electron chi connectivity index (χ3n) is 3.24. The number of nitrogens with one attached hydrogen (secondary N) is 1. The molecule has 0 amide bonds. The Morgan fingerprint density at radius 2 is 2.16 bits per heavy atom. The first-order valence-electron chi connectivity index (χ1n) is 6.06. The lowest BCUT2D eigenvalue weighted by molar-refractivity contribution is 0.432. The lowest BCUT2D eigenvalue weighted by atomic mass is 9.97. The van der Waals surface area contributed by atoms with Crippen LogP contribution in [0.2, 0.25) is 0 Å². The van der Waals surface area contributed by atoms with E-state index >= 15 is 0 Å². The monoisotopic (exact) mass is 255 g/mol. The quantitative estimate of drug-likeness (QED) is 0.737. The molecule has 1 radical (unpaired) electrons. The number of benzene rings is 2. The lowest BCUT2D eigenvalue weighted by Crippen LogP contribution is -1.90. The molecule has 4 heteroatoms. The van der Waals surface area contributed by atoms with Crippen molar-refractivity contribution >= 4 is 10.9 Å². The Bertz CT molecular complexity index is 749. The van der Waals surface area contributed by atoms with E-state index in [1.165, 1.54) is 12.1 Å². The Hall–Kier alpha value is -2.36. The SMILES string of the molecule is CCc1cc(O)c(F)cc1-c1ccc2[c]n[nH]c2c1. The Morgan fingerprint density at radius 1 is 1.32 bits per heavy atom. The van der Waals surface area contributed by atoms with Crippen molar-refractivity contribution < 1.29 is 9.50 Å². The number of rotatable bonds is 2. The van der Waals surface area contributed by atoms with Gasteiger partial charge < -0.3 is 5.11 Å². The molecule has 0 aliphatic rings. The van der Waals surface area contributed by atoms with Crippen LogP contribution in [-0.4, -0.2) is 15.3 Å². The maximum absolute atomic E-state index is 13.6. The van der Waals surface area contributed by atoms with E-state index in [1.807, 2.05) is 25.1 Å². The normalized spacial score (nSPS) is 11.1. The van der Waals surface area contributed by atoms with E-state index < -0.39 is 5.82 Å². The highest BCUT2D eigenvalue weighted by Gasteiger charge is 2.10. The average Bonchev–Trinajstić information content (AvgIpc) is 2.88. The second-order valence-corrected chi connectivity index (χ2v) is 4.41. The van der Waals surface area contributed by atoms with Crippen molar-refractivity contribution in [1.29, 1.82) is 0 Å². The highest BCUT2D eigenvalue weighted by Crippen LogP contribution is 2.31. The van der Waals surface area contributed by atoms with Gasteiger partial charge in [0.25, 0.3) is 0 Å². The van der Waals surface area contributed by atoms with Gasteiger partial charge in [0, 0.05) is 5.39 Å². The van der Waals surface area contributed by atoms with Gasteiger partial charge in [0.2, 0.25) is 0 Å². The molecule has 0 aliphatic heterocycles. The molecule has 0 fully saturated rings. The number of phenolic OH excluding ortho intramolecular Hbond substituents is 1. The summed E-state index contributed by atoms with van der Waals surface area (Å²) in [6.07, 6.45) is 3.55. The topological polar surface area (TPSA) is 48.9 Å². The van der Waals surface area contributed by atoms with Crippen molar-refractivity contribution in [2.24, 2.45) is 0 Å². The molecule has 0 atom stereocenters. The van der Waals surface area contributed by atoms with E-state index in [0.717, 1.165) is 34.0 Å². The van der Waals surface area contributed by atoms with Gasteiger partial charge in [-0.2, -0.15) is 5.10 Å². The third-order valence-corrected chi connectivity index (χ3v) is 3.24. The molecule has 0 saturated heterocycles. The molecule has 0 unspecified atom stereocenters. The number of aromatic amines is 1. The van der Waals surface area contributed by atoms with E-state index in [2.05, 4.69) is 16.4 Å². The molecule has 0 bridgehead atoms. The van der Waals surface area contributed by atoms with E-state index in [0.29, 0.717) is 0 Å². The van der Waals surface area contributed by atoms with Crippen LogP contribution in [0.3, 0.4) is 0 Å². The Labute approximate surface area is 109 Å². The molecule has 3 aromatic rings. The van der Waals surface area contributed by atoms with Crippen LogP contribution < -0.4 is 0 Å². The molecule has 0 aliphatic carbocycles. The number of aromatic hydroxyl groups is 1. The third kappa shape index (κ3) is 1.95. The Kier molecular flexibility index (Phi) is 2.71. The van der Waals surface area contributed by atoms with Gasteiger partial charge in [-0.05, 0) is 47.4 Å². The maximum atomic E-state index is 13.6. The van der Waals surface area contributed by atoms with E-state index in [4.69, 9.17) is 0 Å². The zero-order valence-corrected chi connectivity index (χ0v) is 10.4. The van der Waals surface area contributed by atoms with Gasteiger partial charge in [-0.15, -0.1) is 0 Å². The fourth-order valence-electron chi connectivity index (χ4n) is 2.22. The average molecular weight is 255 g/mol. The largest absolute Gasteiger partial charge is 0.505 e. The van der Waals surface area contributed by atoms with Crippen LogP contribution in [0.15, 0.2) is 30.3 Å². The molecule has 19 heavy (non-hydrogen) atoms. The van der Waals surface area contributed by atoms with Crippen molar-refractivity contribution in [2.45, 2.75) is 13.3 Å². The summed E-state index contributed by atoms with van der Waals surface area (Å²) in [6, 6.07) is 8.55. The van der Waals surface area contributed by atoms with Crippen molar-refractivity contribution in [2.75, 3.05) is 0 Å². The van der Waals surface area contributed by atoms with Gasteiger partial charge in [0.1, 0.15) is 6.20 Å². The van der Waals surface area contributed by atoms with E-state index in [-0.39, 0.29) is 5.75 Å². The smallest absolute Gasteiger partial charge is 0.165 e. The van der Waals surface area contributed by atoms with Gasteiger partial charge in [0.05, 0.1) is 5.52 Å². The minimum Gasteiger partial charge on any atom is -0.505 e. The second-order valence-electron chi connectivity index (χ2n) is 4.41. The van der Waals surface area contributed by atoms with E-state index in [1.54, 1.807) is 0 Å². The first-order chi connectivity index (χ1) is 9.19. The number of phenols is 1. The standard InChI is InChI=1S/C15H12FN2O/c1-2-9-6-15(19)13(16)7-12(9)10-3-4-11-8-17-18-14(11)5-10/h3-7,19H,2H2,1H3,(H,17,18). The fraction of sp³-hybridized carbons (Fsp3) is 0.133. The predicted molar refractivity (Wildman–Crippen MR) is 71.4 cm³/mol. The summed E-state index contributed by atoms with van der Waals surface area (Å²) in [4.78, 5) is 0. The van der Waals surface area contributed by atoms with Crippen molar-refractivity contribution in [3.8, 4) is 16.9 Å². The predicted octanol–water partition coefficient (Wildman–Crippen LogP) is 3.44. The van der Waals surface area contributed by atoms with Crippen LogP contribution >= 0.6 is 0 Å². The molecule has 1 aromatic heterocycles. The van der Waals surface area contributed by atoms with Gasteiger partial charge in [-0.25, -0.2) is 4.39 Å². The minimum atomic E-state index is -0.608. The number of hydrogen-bond donors (Lipinski definition) is 2. The molecular weight excluding hydrogens is 243 g/mol. The number of nitrogens with zero attached hydrogens (tertiary/aromatic N) is 1. The molecule has 0 saturated carbocycles. The number of aromatic nitrogens is 2. The summed E-state index contributed by atoms with van der Waals surface area (Å²) in [5.41, 5.74) is 3.44. The summed E-state index contributed by atoms with van der Waals surface area (Å²) in [5, 5.41) is 17.0. The van der Waals surface area contributed by atoms with Crippen molar-refractivity contribution in [3.05, 3.63) is 47.9 Å². The minimum absolute atomic E-state index is 0.309. The Morgan fingerprint density at radius 3 is 2.95 bits per heavy atom. The molecule has 2 aromatic carbocycles. The van der Waals surface area contributed by atoms with Crippen molar-refractivity contribution in [1.82, 2.24) is 10.2 Å². The van der Waals surface area contributed by atoms with Crippen LogP contribution in [0.4, 0.5) is 4.39 Å². The van der Waals surface area contributed by atoms with Crippen LogP contribution in [0.5, 0.6) is 5.75 Å². The molecule has 3 nitrogen and oxygen atoms in total. The van der Waals surface area contributed by atoms with Crippen molar-refractivity contribution in [3.63, 3.8) is 0 Å². The first-order valence-corrected chi connectivity index (χ1v) is 6.06. The molecule has 2 N–H and O–H groups in total. The zero-order chi connectivity index (χ0) is 13.4. The van der Waals surface area contributed by atoms with E-state index in [9.17, 15) is 9.50 Å². The van der Waals surface area contributed by atoms with Crippen LogP contribution in [0.25, 0.3) is 22.0 Å². The fourth-order valence-corrected chi connectivity index (χ4v) is 2.22. The van der Waals surface area contributed by atoms with Crippen LogP contribution in [-0.2, 0) is 6.42 Å². The molecule has 3 rings (SSSR count). The molecule has 95 valence electrons. The summed E-state index contributed by atoms with van der Waals surface area (Å²) < 4.78 is 13.6. The lowest BCUT2D eigenvalue weighted by Gasteiger charge is -2.09. The number of hydrogen-bond acceptors (Lipinski definition) is 2. The number of fused-ring (bicyclic) bond motifs is 1. The molecular formula is C15H12FN2O. The number of halogens is 1. The number of aryl methyl sites for hydroxylation is 1. The second kappa shape index (κ2) is 4.39. The summed E-state index contributed by atoms with van der Waals surface area (Å²) in [5.74, 6) is -0.917. The van der Waals surface area contributed by atoms with Gasteiger partial charge in [-0.1, -0.05) is 13.0 Å². The highest BCUT2D eigenvalue weighted by atomic mass is 19.1. The van der Waals surface area contributed by atoms with Gasteiger partial charge >= 0.3 is 0 Å². The maximum Gasteiger partial charge on any atom is 0.165 e. The molecule has 0 spiro atoms. The number of H-pyrrole nitrogens is 1. The summed E-state index contributed by atoms with van der Waals surface area (Å²) >= 11 is 0. The van der Waals surface area contributed by atoms with Crippen LogP contribution in [0, 0.1) is 12.0 Å². The first kappa shape index (κ1) is 11.7. The summed E-state index contributed by atoms with van der Waals surface area (Å²) in [7, 11) is 0. The molecule has 1 heterocycles. The Balaban J connectivity index is 2.22. The summed E-state index contributed by atoms with van der Waals surface area (Å²) in [6.45, 7) is 1.97. The highest BCUT2D eigenvalue weighted by molar-refractivity contribution is 5.84. The zero-order valence-electron chi connectivity index (χ0n) is 10.4.